The number of aromatic hydroxyl groups is 1. The summed E-state index contributed by atoms with van der Waals surface area (Å²) in [5.74, 6) is 0.385. The van der Waals surface area contributed by atoms with Crippen LogP contribution in [0.5, 0.6) is 11.5 Å². The summed E-state index contributed by atoms with van der Waals surface area (Å²) < 4.78 is 4.99. The van der Waals surface area contributed by atoms with Crippen molar-refractivity contribution in [1.82, 2.24) is 0 Å². The molecule has 0 aliphatic heterocycles. The van der Waals surface area contributed by atoms with Crippen molar-refractivity contribution in [2.75, 3.05) is 7.11 Å². The molecular formula is C17H13NO3. The molecular weight excluding hydrogens is 266 g/mol. The fourth-order valence-corrected chi connectivity index (χ4v) is 1.76. The van der Waals surface area contributed by atoms with Crippen molar-refractivity contribution < 1.29 is 14.6 Å². The SMILES string of the molecule is COc1ccc(C=CC(=O)c2ccc(C#N)cc2)c(O)c1. The Morgan fingerprint density at radius 2 is 1.95 bits per heavy atom. The van der Waals surface area contributed by atoms with Gasteiger partial charge in [0.25, 0.3) is 0 Å². The number of hydrogen-bond donors (Lipinski definition) is 1. The van der Waals surface area contributed by atoms with Gasteiger partial charge in [0, 0.05) is 17.2 Å². The van der Waals surface area contributed by atoms with Gasteiger partial charge in [-0.2, -0.15) is 5.26 Å². The highest BCUT2D eigenvalue weighted by Crippen LogP contribution is 2.24. The predicted molar refractivity (Wildman–Crippen MR) is 79.2 cm³/mol. The molecule has 0 heterocycles. The molecule has 0 aliphatic carbocycles. The molecule has 0 saturated carbocycles. The molecule has 4 heteroatoms. The van der Waals surface area contributed by atoms with Crippen molar-refractivity contribution in [1.29, 1.82) is 5.26 Å². The maximum atomic E-state index is 12.0. The monoisotopic (exact) mass is 279 g/mol. The van der Waals surface area contributed by atoms with E-state index in [9.17, 15) is 9.90 Å². The number of phenolic OH excluding ortho intramolecular Hbond substituents is 1. The molecule has 0 spiro atoms. The highest BCUT2D eigenvalue weighted by Gasteiger charge is 2.03. The van der Waals surface area contributed by atoms with Crippen molar-refractivity contribution in [2.45, 2.75) is 0 Å². The van der Waals surface area contributed by atoms with Crippen LogP contribution in [0.1, 0.15) is 21.5 Å². The minimum atomic E-state index is -0.199. The molecule has 0 radical (unpaired) electrons. The van der Waals surface area contributed by atoms with Crippen molar-refractivity contribution >= 4 is 11.9 Å². The summed E-state index contributed by atoms with van der Waals surface area (Å²) in [5.41, 5.74) is 1.51. The summed E-state index contributed by atoms with van der Waals surface area (Å²) in [6.45, 7) is 0. The first-order valence-corrected chi connectivity index (χ1v) is 6.23. The number of methoxy groups -OCH3 is 1. The van der Waals surface area contributed by atoms with E-state index in [0.29, 0.717) is 22.4 Å². The Morgan fingerprint density at radius 3 is 2.52 bits per heavy atom. The molecule has 2 aromatic rings. The number of rotatable bonds is 4. The second-order valence-corrected chi connectivity index (χ2v) is 4.31. The molecule has 1 N–H and O–H groups in total. The fraction of sp³-hybridized carbons (Fsp3) is 0.0588. The van der Waals surface area contributed by atoms with Crippen LogP contribution < -0.4 is 4.74 Å². The summed E-state index contributed by atoms with van der Waals surface area (Å²) in [5, 5.41) is 18.5. The number of benzene rings is 2. The quantitative estimate of drug-likeness (QED) is 0.689. The lowest BCUT2D eigenvalue weighted by Gasteiger charge is -2.03. The van der Waals surface area contributed by atoms with Gasteiger partial charge in [-0.3, -0.25) is 4.79 Å². The number of phenols is 1. The molecule has 4 nitrogen and oxygen atoms in total. The molecule has 0 amide bonds. The van der Waals surface area contributed by atoms with Crippen molar-refractivity contribution in [2.24, 2.45) is 0 Å². The minimum absolute atomic E-state index is 0.0400. The number of allylic oxidation sites excluding steroid dienone is 1. The van der Waals surface area contributed by atoms with Gasteiger partial charge in [-0.25, -0.2) is 0 Å². The van der Waals surface area contributed by atoms with Crippen molar-refractivity contribution in [3.05, 3.63) is 65.2 Å². The lowest BCUT2D eigenvalue weighted by atomic mass is 10.1. The first kappa shape index (κ1) is 14.4. The van der Waals surface area contributed by atoms with Crippen molar-refractivity contribution in [3.63, 3.8) is 0 Å². The molecule has 0 aliphatic rings. The Bertz CT molecular complexity index is 725. The normalized spacial score (nSPS) is 10.3. The number of ketones is 1. The van der Waals surface area contributed by atoms with Crippen LogP contribution in [0.4, 0.5) is 0 Å². The van der Waals surface area contributed by atoms with Gasteiger partial charge in [0.15, 0.2) is 5.78 Å². The summed E-state index contributed by atoms with van der Waals surface area (Å²) >= 11 is 0. The number of carbonyl (C=O) groups is 1. The van der Waals surface area contributed by atoms with Gasteiger partial charge in [0.05, 0.1) is 18.7 Å². The zero-order valence-electron chi connectivity index (χ0n) is 11.4. The third kappa shape index (κ3) is 3.48. The van der Waals surface area contributed by atoms with E-state index in [1.54, 1.807) is 36.4 Å². The molecule has 0 saturated heterocycles. The third-order valence-electron chi connectivity index (χ3n) is 2.95. The van der Waals surface area contributed by atoms with Crippen LogP contribution in [0.25, 0.3) is 6.08 Å². The Hall–Kier alpha value is -3.06. The molecule has 21 heavy (non-hydrogen) atoms. The predicted octanol–water partition coefficient (Wildman–Crippen LogP) is 3.17. The summed E-state index contributed by atoms with van der Waals surface area (Å²) in [6, 6.07) is 13.2. The van der Waals surface area contributed by atoms with Gasteiger partial charge in [-0.05, 0) is 48.6 Å². The number of nitriles is 1. The molecule has 2 aromatic carbocycles. The number of ether oxygens (including phenoxy) is 1. The van der Waals surface area contributed by atoms with Gasteiger partial charge in [-0.1, -0.05) is 0 Å². The van der Waals surface area contributed by atoms with E-state index >= 15 is 0 Å². The number of hydrogen-bond acceptors (Lipinski definition) is 4. The Labute approximate surface area is 122 Å². The molecule has 2 rings (SSSR count). The Kier molecular flexibility index (Phi) is 4.37. The van der Waals surface area contributed by atoms with Crippen molar-refractivity contribution in [3.8, 4) is 17.6 Å². The van der Waals surface area contributed by atoms with E-state index < -0.39 is 0 Å². The van der Waals surface area contributed by atoms with Gasteiger partial charge >= 0.3 is 0 Å². The zero-order chi connectivity index (χ0) is 15.2. The van der Waals surface area contributed by atoms with E-state index in [0.717, 1.165) is 0 Å². The molecule has 0 unspecified atom stereocenters. The Balaban J connectivity index is 2.16. The molecule has 0 bridgehead atoms. The maximum absolute atomic E-state index is 12.0. The highest BCUT2D eigenvalue weighted by molar-refractivity contribution is 6.07. The Morgan fingerprint density at radius 1 is 1.24 bits per heavy atom. The zero-order valence-corrected chi connectivity index (χ0v) is 11.4. The van der Waals surface area contributed by atoms with Crippen LogP contribution in [0.3, 0.4) is 0 Å². The summed E-state index contributed by atoms with van der Waals surface area (Å²) in [4.78, 5) is 12.0. The fourth-order valence-electron chi connectivity index (χ4n) is 1.76. The standard InChI is InChI=1S/C17H13NO3/c1-21-15-8-6-14(17(20)10-15)7-9-16(19)13-4-2-12(11-18)3-5-13/h2-10,20H,1H3. The van der Waals surface area contributed by atoms with Crippen LogP contribution in [-0.2, 0) is 0 Å². The van der Waals surface area contributed by atoms with Crippen LogP contribution in [0.15, 0.2) is 48.5 Å². The van der Waals surface area contributed by atoms with Crippen LogP contribution in [0.2, 0.25) is 0 Å². The van der Waals surface area contributed by atoms with Gasteiger partial charge in [0.2, 0.25) is 0 Å². The maximum Gasteiger partial charge on any atom is 0.185 e. The lowest BCUT2D eigenvalue weighted by Crippen LogP contribution is -1.93. The van der Waals surface area contributed by atoms with E-state index in [4.69, 9.17) is 10.00 Å². The highest BCUT2D eigenvalue weighted by atomic mass is 16.5. The first-order valence-electron chi connectivity index (χ1n) is 6.23. The average Bonchev–Trinajstić information content (AvgIpc) is 2.53. The van der Waals surface area contributed by atoms with Crippen LogP contribution >= 0.6 is 0 Å². The summed E-state index contributed by atoms with van der Waals surface area (Å²) in [6.07, 6.45) is 2.91. The second-order valence-electron chi connectivity index (χ2n) is 4.31. The van der Waals surface area contributed by atoms with Crippen LogP contribution in [0, 0.1) is 11.3 Å². The van der Waals surface area contributed by atoms with Crippen LogP contribution in [-0.4, -0.2) is 18.0 Å². The molecule has 0 atom stereocenters. The first-order chi connectivity index (χ1) is 10.1. The lowest BCUT2D eigenvalue weighted by molar-refractivity contribution is 0.104. The smallest absolute Gasteiger partial charge is 0.185 e. The van der Waals surface area contributed by atoms with Gasteiger partial charge in [-0.15, -0.1) is 0 Å². The van der Waals surface area contributed by atoms with Gasteiger partial charge in [0.1, 0.15) is 11.5 Å². The average molecular weight is 279 g/mol. The van der Waals surface area contributed by atoms with E-state index in [2.05, 4.69) is 0 Å². The molecule has 0 fully saturated rings. The van der Waals surface area contributed by atoms with E-state index in [1.807, 2.05) is 6.07 Å². The van der Waals surface area contributed by atoms with E-state index in [1.165, 1.54) is 25.3 Å². The minimum Gasteiger partial charge on any atom is -0.507 e. The third-order valence-corrected chi connectivity index (χ3v) is 2.95. The van der Waals surface area contributed by atoms with E-state index in [-0.39, 0.29) is 11.5 Å². The summed E-state index contributed by atoms with van der Waals surface area (Å²) in [7, 11) is 1.51. The largest absolute Gasteiger partial charge is 0.507 e. The number of carbonyl (C=O) groups excluding carboxylic acids is 1. The second kappa shape index (κ2) is 6.40. The van der Waals surface area contributed by atoms with Gasteiger partial charge < -0.3 is 9.84 Å². The molecule has 104 valence electrons. The number of nitrogens with zero attached hydrogens (tertiary/aromatic N) is 1. The molecule has 0 aromatic heterocycles. The topological polar surface area (TPSA) is 70.3 Å².